The van der Waals surface area contributed by atoms with Gasteiger partial charge in [-0.15, -0.1) is 0 Å². The minimum absolute atomic E-state index is 1.34. The summed E-state index contributed by atoms with van der Waals surface area (Å²) in [6.45, 7) is 0. The molecule has 0 aliphatic heterocycles. The highest BCUT2D eigenvalue weighted by molar-refractivity contribution is 6.16. The van der Waals surface area contributed by atoms with Gasteiger partial charge in [0.25, 0.3) is 0 Å². The maximum atomic E-state index is 12.1. The van der Waals surface area contributed by atoms with E-state index in [0.29, 0.717) is 0 Å². The first kappa shape index (κ1) is 16.3. The van der Waals surface area contributed by atoms with Crippen molar-refractivity contribution >= 4 is 23.1 Å². The first-order valence-corrected chi connectivity index (χ1v) is 5.13. The van der Waals surface area contributed by atoms with Crippen molar-refractivity contribution in [3.8, 4) is 0 Å². The summed E-state index contributed by atoms with van der Waals surface area (Å²) < 4.78 is 72.7. The van der Waals surface area contributed by atoms with Crippen LogP contribution in [-0.2, 0) is 19.2 Å². The Morgan fingerprint density at radius 1 is 0.750 bits per heavy atom. The van der Waals surface area contributed by atoms with Crippen LogP contribution in [0.5, 0.6) is 0 Å². The van der Waals surface area contributed by atoms with Crippen molar-refractivity contribution in [3.63, 3.8) is 0 Å². The lowest BCUT2D eigenvalue weighted by atomic mass is 9.76. The number of halogens is 6. The van der Waals surface area contributed by atoms with Crippen LogP contribution in [0.3, 0.4) is 0 Å². The zero-order chi connectivity index (χ0) is 15.9. The fraction of sp³-hybridized carbons (Fsp3) is 0.600. The molecule has 0 heterocycles. The number of ketones is 4. The third kappa shape index (κ3) is 3.23. The number of alkyl halides is 6. The Balaban J connectivity index is 2.93. The van der Waals surface area contributed by atoms with Crippen molar-refractivity contribution in [3.05, 3.63) is 0 Å². The Kier molecular flexibility index (Phi) is 4.07. The summed E-state index contributed by atoms with van der Waals surface area (Å²) in [7, 11) is 0. The van der Waals surface area contributed by atoms with E-state index in [0.717, 1.165) is 0 Å². The number of hydrogen-bond acceptors (Lipinski definition) is 4. The Morgan fingerprint density at radius 2 is 1.00 bits per heavy atom. The van der Waals surface area contributed by atoms with Gasteiger partial charge in [-0.25, -0.2) is 0 Å². The molecule has 20 heavy (non-hydrogen) atoms. The van der Waals surface area contributed by atoms with Gasteiger partial charge in [0.05, 0.1) is 11.8 Å². The Hall–Kier alpha value is -1.74. The van der Waals surface area contributed by atoms with E-state index in [2.05, 4.69) is 0 Å². The van der Waals surface area contributed by atoms with Gasteiger partial charge in [-0.1, -0.05) is 0 Å². The molecule has 0 bridgehead atoms. The van der Waals surface area contributed by atoms with Gasteiger partial charge in [-0.05, 0) is 0 Å². The smallest absolute Gasteiger partial charge is 0.299 e. The predicted octanol–water partition coefficient (Wildman–Crippen LogP) is 1.41. The average molecular weight is 304 g/mol. The molecular formula is C10H6F6O4. The Labute approximate surface area is 107 Å². The van der Waals surface area contributed by atoms with E-state index in [1.165, 1.54) is 0 Å². The molecule has 0 saturated heterocycles. The second kappa shape index (κ2) is 4.98. The van der Waals surface area contributed by atoms with Crippen LogP contribution in [0.2, 0.25) is 0 Å². The highest BCUT2D eigenvalue weighted by atomic mass is 19.4. The lowest BCUT2D eigenvalue weighted by Crippen LogP contribution is -2.46. The largest absolute Gasteiger partial charge is 0.450 e. The molecule has 1 aliphatic rings. The molecule has 1 saturated carbocycles. The highest BCUT2D eigenvalue weighted by Crippen LogP contribution is 2.33. The molecule has 0 amide bonds. The van der Waals surface area contributed by atoms with Gasteiger partial charge in [-0.2, -0.15) is 26.3 Å². The molecule has 1 aliphatic carbocycles. The molecule has 10 heteroatoms. The molecule has 4 nitrogen and oxygen atoms in total. The minimum atomic E-state index is -5.37. The van der Waals surface area contributed by atoms with Gasteiger partial charge in [0.15, 0.2) is 0 Å². The number of carbonyl (C=O) groups excluding carboxylic acids is 4. The second-order valence-electron chi connectivity index (χ2n) is 4.17. The standard InChI is InChI=1S/C10H6F6O4/c11-9(12,13)7(19)3-1-5(17)4(2-6(3)18)8(20)10(14,15)16/h3-4H,1-2H2. The summed E-state index contributed by atoms with van der Waals surface area (Å²) in [5.41, 5.74) is 0. The number of Topliss-reactive ketones (excluding diaryl/α,β-unsaturated/α-hetero) is 4. The Morgan fingerprint density at radius 3 is 1.20 bits per heavy atom. The summed E-state index contributed by atoms with van der Waals surface area (Å²) in [6.07, 6.45) is -13.4. The zero-order valence-electron chi connectivity index (χ0n) is 9.47. The fourth-order valence-electron chi connectivity index (χ4n) is 1.79. The van der Waals surface area contributed by atoms with E-state index in [-0.39, 0.29) is 0 Å². The summed E-state index contributed by atoms with van der Waals surface area (Å²) in [5.74, 6) is -12.7. The molecular weight excluding hydrogens is 298 g/mol. The molecule has 112 valence electrons. The van der Waals surface area contributed by atoms with Gasteiger partial charge in [0.1, 0.15) is 11.6 Å². The van der Waals surface area contributed by atoms with Crippen molar-refractivity contribution < 1.29 is 45.5 Å². The zero-order valence-corrected chi connectivity index (χ0v) is 9.47. The van der Waals surface area contributed by atoms with E-state index in [9.17, 15) is 45.5 Å². The Bertz CT molecular complexity index is 431. The maximum Gasteiger partial charge on any atom is 0.450 e. The number of hydrogen-bond donors (Lipinski definition) is 0. The van der Waals surface area contributed by atoms with Crippen molar-refractivity contribution in [1.82, 2.24) is 0 Å². The SMILES string of the molecule is O=C1CC(C(=O)C(F)(F)F)C(=O)CC1C(=O)C(F)(F)F. The van der Waals surface area contributed by atoms with Crippen LogP contribution in [0.25, 0.3) is 0 Å². The van der Waals surface area contributed by atoms with E-state index >= 15 is 0 Å². The van der Waals surface area contributed by atoms with Crippen LogP contribution in [-0.4, -0.2) is 35.5 Å². The third-order valence-electron chi connectivity index (χ3n) is 2.78. The van der Waals surface area contributed by atoms with Crippen molar-refractivity contribution in [2.24, 2.45) is 11.8 Å². The number of carbonyl (C=O) groups is 4. The molecule has 0 spiro atoms. The molecule has 1 rings (SSSR count). The topological polar surface area (TPSA) is 68.3 Å². The maximum absolute atomic E-state index is 12.1. The second-order valence-corrected chi connectivity index (χ2v) is 4.17. The van der Waals surface area contributed by atoms with Crippen molar-refractivity contribution in [2.75, 3.05) is 0 Å². The van der Waals surface area contributed by atoms with E-state index < -0.39 is 60.2 Å². The van der Waals surface area contributed by atoms with E-state index in [1.807, 2.05) is 0 Å². The molecule has 0 radical (unpaired) electrons. The first-order chi connectivity index (χ1) is 8.85. The van der Waals surface area contributed by atoms with E-state index in [4.69, 9.17) is 0 Å². The lowest BCUT2D eigenvalue weighted by Gasteiger charge is -2.25. The van der Waals surface area contributed by atoms with Crippen molar-refractivity contribution in [1.29, 1.82) is 0 Å². The lowest BCUT2D eigenvalue weighted by molar-refractivity contribution is -0.182. The van der Waals surface area contributed by atoms with Crippen LogP contribution in [0.1, 0.15) is 12.8 Å². The average Bonchev–Trinajstić information content (AvgIpc) is 2.27. The van der Waals surface area contributed by atoms with Gasteiger partial charge >= 0.3 is 12.4 Å². The molecule has 0 N–H and O–H groups in total. The fourth-order valence-corrected chi connectivity index (χ4v) is 1.79. The van der Waals surface area contributed by atoms with E-state index in [1.54, 1.807) is 0 Å². The monoisotopic (exact) mass is 304 g/mol. The van der Waals surface area contributed by atoms with Crippen LogP contribution < -0.4 is 0 Å². The van der Waals surface area contributed by atoms with Gasteiger partial charge in [-0.3, -0.25) is 19.2 Å². The van der Waals surface area contributed by atoms with Gasteiger partial charge in [0, 0.05) is 12.8 Å². The van der Waals surface area contributed by atoms with Crippen LogP contribution in [0.4, 0.5) is 26.3 Å². The van der Waals surface area contributed by atoms with Gasteiger partial charge < -0.3 is 0 Å². The summed E-state index contributed by atoms with van der Waals surface area (Å²) in [4.78, 5) is 44.2. The molecule has 0 aromatic rings. The quantitative estimate of drug-likeness (QED) is 0.571. The van der Waals surface area contributed by atoms with Gasteiger partial charge in [0.2, 0.25) is 11.6 Å². The minimum Gasteiger partial charge on any atom is -0.299 e. The normalized spacial score (nSPS) is 24.7. The molecule has 2 unspecified atom stereocenters. The van der Waals surface area contributed by atoms with Crippen LogP contribution in [0, 0.1) is 11.8 Å². The van der Waals surface area contributed by atoms with Crippen LogP contribution >= 0.6 is 0 Å². The third-order valence-corrected chi connectivity index (χ3v) is 2.78. The van der Waals surface area contributed by atoms with Crippen LogP contribution in [0.15, 0.2) is 0 Å². The summed E-state index contributed by atoms with van der Waals surface area (Å²) in [6, 6.07) is 0. The predicted molar refractivity (Wildman–Crippen MR) is 48.4 cm³/mol. The molecule has 0 aromatic heterocycles. The summed E-state index contributed by atoms with van der Waals surface area (Å²) in [5, 5.41) is 0. The molecule has 1 fully saturated rings. The number of rotatable bonds is 2. The highest BCUT2D eigenvalue weighted by Gasteiger charge is 2.54. The first-order valence-electron chi connectivity index (χ1n) is 5.13. The summed E-state index contributed by atoms with van der Waals surface area (Å²) >= 11 is 0. The molecule has 2 atom stereocenters. The molecule has 0 aromatic carbocycles. The van der Waals surface area contributed by atoms with Crippen molar-refractivity contribution in [2.45, 2.75) is 25.2 Å².